The lowest BCUT2D eigenvalue weighted by Crippen LogP contribution is -2.41. The van der Waals surface area contributed by atoms with Crippen molar-refractivity contribution in [3.8, 4) is 5.75 Å². The molecule has 2 rings (SSSR count). The van der Waals surface area contributed by atoms with Crippen LogP contribution in [-0.2, 0) is 24.3 Å². The number of carbonyl (C=O) groups is 2. The SMILES string of the molecule is CCCCCNC(=O)COC(=O)C1CCN(S(=O)(=O)c2ccc(OCC)cc2)CC1. The fraction of sp³-hybridized carbons (Fsp3) is 0.619. The van der Waals surface area contributed by atoms with Gasteiger partial charge in [0.15, 0.2) is 6.61 Å². The molecule has 30 heavy (non-hydrogen) atoms. The van der Waals surface area contributed by atoms with Gasteiger partial charge in [0.05, 0.1) is 17.4 Å². The molecule has 0 atom stereocenters. The van der Waals surface area contributed by atoms with Crippen LogP contribution in [0.4, 0.5) is 0 Å². The molecule has 1 heterocycles. The van der Waals surface area contributed by atoms with Crippen LogP contribution in [0.25, 0.3) is 0 Å². The van der Waals surface area contributed by atoms with Crippen LogP contribution in [0.15, 0.2) is 29.2 Å². The van der Waals surface area contributed by atoms with Crippen LogP contribution in [0.3, 0.4) is 0 Å². The number of esters is 1. The number of amides is 1. The summed E-state index contributed by atoms with van der Waals surface area (Å²) in [6.07, 6.45) is 3.74. The van der Waals surface area contributed by atoms with Crippen molar-refractivity contribution in [3.63, 3.8) is 0 Å². The van der Waals surface area contributed by atoms with E-state index in [0.717, 1.165) is 19.3 Å². The first-order chi connectivity index (χ1) is 14.4. The van der Waals surface area contributed by atoms with Gasteiger partial charge in [0.25, 0.3) is 5.91 Å². The lowest BCUT2D eigenvalue weighted by molar-refractivity contribution is -0.153. The van der Waals surface area contributed by atoms with Crippen LogP contribution in [-0.4, -0.2) is 57.4 Å². The Bertz CT molecular complexity index is 786. The third-order valence-electron chi connectivity index (χ3n) is 5.01. The molecule has 1 aliphatic heterocycles. The Labute approximate surface area is 179 Å². The van der Waals surface area contributed by atoms with E-state index in [2.05, 4.69) is 12.2 Å². The number of rotatable bonds is 11. The normalized spacial score (nSPS) is 15.5. The summed E-state index contributed by atoms with van der Waals surface area (Å²) in [5, 5.41) is 2.72. The Morgan fingerprint density at radius 3 is 2.37 bits per heavy atom. The van der Waals surface area contributed by atoms with Crippen molar-refractivity contribution in [1.82, 2.24) is 9.62 Å². The second-order valence-corrected chi connectivity index (χ2v) is 9.19. The van der Waals surface area contributed by atoms with Crippen molar-refractivity contribution in [3.05, 3.63) is 24.3 Å². The number of hydrogen-bond donors (Lipinski definition) is 1. The van der Waals surface area contributed by atoms with Crippen LogP contribution in [0, 0.1) is 5.92 Å². The van der Waals surface area contributed by atoms with E-state index in [1.165, 1.54) is 16.4 Å². The molecule has 1 amide bonds. The number of hydrogen-bond acceptors (Lipinski definition) is 6. The van der Waals surface area contributed by atoms with E-state index in [9.17, 15) is 18.0 Å². The highest BCUT2D eigenvalue weighted by Crippen LogP contribution is 2.25. The van der Waals surface area contributed by atoms with E-state index >= 15 is 0 Å². The minimum atomic E-state index is -3.62. The third kappa shape index (κ3) is 6.98. The van der Waals surface area contributed by atoms with Crippen LogP contribution in [0.5, 0.6) is 5.75 Å². The second-order valence-electron chi connectivity index (χ2n) is 7.25. The highest BCUT2D eigenvalue weighted by molar-refractivity contribution is 7.89. The fourth-order valence-corrected chi connectivity index (χ4v) is 4.73. The Hall–Kier alpha value is -2.13. The quantitative estimate of drug-likeness (QED) is 0.419. The maximum absolute atomic E-state index is 12.8. The van der Waals surface area contributed by atoms with E-state index in [1.807, 2.05) is 6.92 Å². The van der Waals surface area contributed by atoms with Crippen molar-refractivity contribution in [2.75, 3.05) is 32.8 Å². The molecule has 1 N–H and O–H groups in total. The molecule has 1 aliphatic rings. The first-order valence-corrected chi connectivity index (χ1v) is 12.0. The average Bonchev–Trinajstić information content (AvgIpc) is 2.76. The molecule has 0 aromatic heterocycles. The summed E-state index contributed by atoms with van der Waals surface area (Å²) in [6, 6.07) is 6.32. The molecule has 0 radical (unpaired) electrons. The number of nitrogens with one attached hydrogen (secondary N) is 1. The predicted molar refractivity (Wildman–Crippen MR) is 113 cm³/mol. The summed E-state index contributed by atoms with van der Waals surface area (Å²) in [5.41, 5.74) is 0. The first-order valence-electron chi connectivity index (χ1n) is 10.5. The lowest BCUT2D eigenvalue weighted by atomic mass is 9.98. The summed E-state index contributed by atoms with van der Waals surface area (Å²) in [5.74, 6) is -0.538. The maximum atomic E-state index is 12.8. The van der Waals surface area contributed by atoms with Crippen molar-refractivity contribution >= 4 is 21.9 Å². The summed E-state index contributed by atoms with van der Waals surface area (Å²) in [4.78, 5) is 24.1. The molecule has 168 valence electrons. The van der Waals surface area contributed by atoms with Gasteiger partial charge >= 0.3 is 5.97 Å². The predicted octanol–water partition coefficient (Wildman–Crippen LogP) is 2.34. The molecule has 0 bridgehead atoms. The standard InChI is InChI=1S/C21H32N2O6S/c1-3-5-6-13-22-20(24)16-29-21(25)17-11-14-23(15-12-17)30(26,27)19-9-7-18(8-10-19)28-4-2/h7-10,17H,3-6,11-16H2,1-2H3,(H,22,24). The molecule has 1 aromatic carbocycles. The van der Waals surface area contributed by atoms with Crippen molar-refractivity contribution in [2.45, 2.75) is 50.8 Å². The van der Waals surface area contributed by atoms with Gasteiger partial charge in [0.1, 0.15) is 5.75 Å². The molecule has 0 aliphatic carbocycles. The van der Waals surface area contributed by atoms with Gasteiger partial charge in [-0.25, -0.2) is 8.42 Å². The van der Waals surface area contributed by atoms with E-state index in [0.29, 0.717) is 31.7 Å². The zero-order chi connectivity index (χ0) is 22.0. The molecule has 8 nitrogen and oxygen atoms in total. The zero-order valence-electron chi connectivity index (χ0n) is 17.8. The van der Waals surface area contributed by atoms with Crippen LogP contribution < -0.4 is 10.1 Å². The van der Waals surface area contributed by atoms with E-state index in [4.69, 9.17) is 9.47 Å². The summed E-state index contributed by atoms with van der Waals surface area (Å²) >= 11 is 0. The number of ether oxygens (including phenoxy) is 2. The second kappa shape index (κ2) is 11.9. The Balaban J connectivity index is 1.79. The molecule has 0 spiro atoms. The third-order valence-corrected chi connectivity index (χ3v) is 6.92. The van der Waals surface area contributed by atoms with Gasteiger partial charge in [0.2, 0.25) is 10.0 Å². The van der Waals surface area contributed by atoms with Gasteiger partial charge in [0, 0.05) is 19.6 Å². The summed E-state index contributed by atoms with van der Waals surface area (Å²) < 4.78 is 37.5. The molecular formula is C21H32N2O6S. The maximum Gasteiger partial charge on any atom is 0.309 e. The van der Waals surface area contributed by atoms with E-state index < -0.39 is 21.9 Å². The fourth-order valence-electron chi connectivity index (χ4n) is 3.26. The number of carbonyl (C=O) groups excluding carboxylic acids is 2. The van der Waals surface area contributed by atoms with Crippen LogP contribution >= 0.6 is 0 Å². The first kappa shape index (κ1) is 24.1. The van der Waals surface area contributed by atoms with E-state index in [1.54, 1.807) is 12.1 Å². The van der Waals surface area contributed by atoms with Crippen molar-refractivity contribution in [2.24, 2.45) is 5.92 Å². The summed E-state index contributed by atoms with van der Waals surface area (Å²) in [6.45, 7) is 5.20. The highest BCUT2D eigenvalue weighted by atomic mass is 32.2. The van der Waals surface area contributed by atoms with Gasteiger partial charge in [-0.15, -0.1) is 0 Å². The number of sulfonamides is 1. The van der Waals surface area contributed by atoms with Gasteiger partial charge in [-0.05, 0) is 50.5 Å². The average molecular weight is 441 g/mol. The topological polar surface area (TPSA) is 102 Å². The molecule has 9 heteroatoms. The Kier molecular flexibility index (Phi) is 9.58. The van der Waals surface area contributed by atoms with Crippen LogP contribution in [0.1, 0.15) is 46.0 Å². The van der Waals surface area contributed by atoms with E-state index in [-0.39, 0.29) is 30.5 Å². The minimum Gasteiger partial charge on any atom is -0.494 e. The molecule has 1 fully saturated rings. The van der Waals surface area contributed by atoms with Gasteiger partial charge in [-0.2, -0.15) is 4.31 Å². The Morgan fingerprint density at radius 2 is 1.77 bits per heavy atom. The highest BCUT2D eigenvalue weighted by Gasteiger charge is 2.33. The van der Waals surface area contributed by atoms with Gasteiger partial charge in [-0.3, -0.25) is 9.59 Å². The lowest BCUT2D eigenvalue weighted by Gasteiger charge is -2.30. The molecule has 1 saturated heterocycles. The van der Waals surface area contributed by atoms with Crippen molar-refractivity contribution in [1.29, 1.82) is 0 Å². The molecule has 0 saturated carbocycles. The largest absolute Gasteiger partial charge is 0.494 e. The molecular weight excluding hydrogens is 408 g/mol. The van der Waals surface area contributed by atoms with Crippen LogP contribution in [0.2, 0.25) is 0 Å². The minimum absolute atomic E-state index is 0.201. The van der Waals surface area contributed by atoms with Gasteiger partial charge in [-0.1, -0.05) is 19.8 Å². The number of piperidine rings is 1. The smallest absolute Gasteiger partial charge is 0.309 e. The zero-order valence-corrected chi connectivity index (χ0v) is 18.6. The monoisotopic (exact) mass is 440 g/mol. The van der Waals surface area contributed by atoms with Crippen molar-refractivity contribution < 1.29 is 27.5 Å². The number of unbranched alkanes of at least 4 members (excludes halogenated alkanes) is 2. The summed E-state index contributed by atoms with van der Waals surface area (Å²) in [7, 11) is -3.62. The molecule has 0 unspecified atom stereocenters. The molecule has 1 aromatic rings. The Morgan fingerprint density at radius 1 is 1.10 bits per heavy atom. The number of benzene rings is 1. The number of nitrogens with zero attached hydrogens (tertiary/aromatic N) is 1. The van der Waals surface area contributed by atoms with Gasteiger partial charge < -0.3 is 14.8 Å².